The maximum absolute atomic E-state index is 6.37. The van der Waals surface area contributed by atoms with Gasteiger partial charge in [-0.1, -0.05) is 68.7 Å². The molecule has 3 nitrogen and oxygen atoms in total. The first kappa shape index (κ1) is 23.4. The Labute approximate surface area is 189 Å². The number of allylic oxidation sites excluding steroid dienone is 1. The minimum absolute atomic E-state index is 0.472. The summed E-state index contributed by atoms with van der Waals surface area (Å²) in [7, 11) is 1.71. The van der Waals surface area contributed by atoms with Crippen LogP contribution in [0.4, 0.5) is 0 Å². The molecule has 0 spiro atoms. The first-order chi connectivity index (χ1) is 15.2. The van der Waals surface area contributed by atoms with Crippen molar-refractivity contribution < 1.29 is 9.47 Å². The summed E-state index contributed by atoms with van der Waals surface area (Å²) in [4.78, 5) is 2.65. The summed E-state index contributed by atoms with van der Waals surface area (Å²) in [5.41, 5.74) is 2.63. The molecule has 1 aliphatic rings. The molecule has 1 fully saturated rings. The summed E-state index contributed by atoms with van der Waals surface area (Å²) in [5, 5.41) is 0. The Morgan fingerprint density at radius 3 is 2.65 bits per heavy atom. The first-order valence-electron chi connectivity index (χ1n) is 11.9. The van der Waals surface area contributed by atoms with E-state index in [1.54, 1.807) is 7.11 Å². The predicted octanol–water partition coefficient (Wildman–Crippen LogP) is 6.49. The van der Waals surface area contributed by atoms with E-state index in [2.05, 4.69) is 60.9 Å². The number of rotatable bonds is 12. The molecular formula is C28H39NO2. The van der Waals surface area contributed by atoms with Gasteiger partial charge in [0, 0.05) is 12.5 Å². The zero-order valence-electron chi connectivity index (χ0n) is 19.4. The summed E-state index contributed by atoms with van der Waals surface area (Å²) in [6, 6.07) is 17.2. The average Bonchev–Trinajstić information content (AvgIpc) is 2.81. The Hall–Kier alpha value is -2.26. The SMILES string of the molecule is C=CCc1ccc(OC[C@H]2CN(CCCCCC)CC[C@@H]2c2ccccc2)c(OC)c1. The molecule has 2 atom stereocenters. The summed E-state index contributed by atoms with van der Waals surface area (Å²) >= 11 is 0. The summed E-state index contributed by atoms with van der Waals surface area (Å²) < 4.78 is 12.0. The van der Waals surface area contributed by atoms with E-state index < -0.39 is 0 Å². The van der Waals surface area contributed by atoms with Crippen LogP contribution in [0.3, 0.4) is 0 Å². The standard InChI is InChI=1S/C28H39NO2/c1-4-6-7-11-18-29-19-17-26(24-13-9-8-10-14-24)25(21-29)22-31-27-16-15-23(12-5-2)20-28(27)30-3/h5,8-10,13-16,20,25-26H,2,4,6-7,11-12,17-19,21-22H2,1,3H3/t25-,26-/m1/s1. The van der Waals surface area contributed by atoms with Crippen molar-refractivity contribution in [3.8, 4) is 11.5 Å². The number of benzene rings is 2. The Bertz CT molecular complexity index is 789. The molecule has 1 heterocycles. The van der Waals surface area contributed by atoms with Crippen LogP contribution in [-0.2, 0) is 6.42 Å². The molecule has 0 radical (unpaired) electrons. The summed E-state index contributed by atoms with van der Waals surface area (Å²) in [6.45, 7) is 10.3. The molecule has 1 saturated heterocycles. The quantitative estimate of drug-likeness (QED) is 0.289. The highest BCUT2D eigenvalue weighted by molar-refractivity contribution is 5.43. The molecule has 3 heteroatoms. The van der Waals surface area contributed by atoms with E-state index in [9.17, 15) is 0 Å². The molecular weight excluding hydrogens is 382 g/mol. The molecule has 1 aliphatic heterocycles. The number of unbranched alkanes of at least 4 members (excludes halogenated alkanes) is 3. The van der Waals surface area contributed by atoms with Crippen molar-refractivity contribution in [2.75, 3.05) is 33.4 Å². The molecule has 0 saturated carbocycles. The summed E-state index contributed by atoms with van der Waals surface area (Å²) in [5.74, 6) is 2.66. The van der Waals surface area contributed by atoms with Crippen LogP contribution in [-0.4, -0.2) is 38.3 Å². The van der Waals surface area contributed by atoms with Gasteiger partial charge in [0.25, 0.3) is 0 Å². The highest BCUT2D eigenvalue weighted by Gasteiger charge is 2.31. The van der Waals surface area contributed by atoms with Crippen LogP contribution in [0.25, 0.3) is 0 Å². The van der Waals surface area contributed by atoms with Crippen molar-refractivity contribution in [2.24, 2.45) is 5.92 Å². The Morgan fingerprint density at radius 1 is 1.06 bits per heavy atom. The van der Waals surface area contributed by atoms with E-state index >= 15 is 0 Å². The molecule has 0 aliphatic carbocycles. The molecule has 0 aromatic heterocycles. The van der Waals surface area contributed by atoms with E-state index in [1.165, 1.54) is 56.3 Å². The molecule has 3 rings (SSSR count). The number of piperidine rings is 1. The molecule has 0 N–H and O–H groups in total. The van der Waals surface area contributed by atoms with E-state index in [0.717, 1.165) is 24.5 Å². The number of methoxy groups -OCH3 is 1. The molecule has 2 aromatic rings. The van der Waals surface area contributed by atoms with Crippen LogP contribution < -0.4 is 9.47 Å². The smallest absolute Gasteiger partial charge is 0.161 e. The minimum atomic E-state index is 0.472. The van der Waals surface area contributed by atoms with Crippen LogP contribution in [0.1, 0.15) is 56.1 Å². The molecule has 0 bridgehead atoms. The van der Waals surface area contributed by atoms with E-state index in [0.29, 0.717) is 18.4 Å². The zero-order chi connectivity index (χ0) is 21.9. The lowest BCUT2D eigenvalue weighted by Crippen LogP contribution is -2.42. The molecule has 31 heavy (non-hydrogen) atoms. The Balaban J connectivity index is 1.68. The first-order valence-corrected chi connectivity index (χ1v) is 11.9. The van der Waals surface area contributed by atoms with Gasteiger partial charge in [0.05, 0.1) is 13.7 Å². The van der Waals surface area contributed by atoms with Crippen LogP contribution in [0.15, 0.2) is 61.2 Å². The second-order valence-corrected chi connectivity index (χ2v) is 8.72. The second-order valence-electron chi connectivity index (χ2n) is 8.72. The molecule has 168 valence electrons. The Kier molecular flexibility index (Phi) is 9.48. The fourth-order valence-electron chi connectivity index (χ4n) is 4.70. The number of nitrogens with zero attached hydrogens (tertiary/aromatic N) is 1. The van der Waals surface area contributed by atoms with Crippen LogP contribution in [0.5, 0.6) is 11.5 Å². The third-order valence-electron chi connectivity index (χ3n) is 6.43. The van der Waals surface area contributed by atoms with Crippen molar-refractivity contribution in [1.82, 2.24) is 4.90 Å². The molecule has 0 amide bonds. The maximum Gasteiger partial charge on any atom is 0.161 e. The number of hydrogen-bond acceptors (Lipinski definition) is 3. The Morgan fingerprint density at radius 2 is 1.90 bits per heavy atom. The third-order valence-corrected chi connectivity index (χ3v) is 6.43. The van der Waals surface area contributed by atoms with Crippen molar-refractivity contribution in [3.05, 3.63) is 72.3 Å². The van der Waals surface area contributed by atoms with Gasteiger partial charge in [0.2, 0.25) is 0 Å². The van der Waals surface area contributed by atoms with Gasteiger partial charge < -0.3 is 14.4 Å². The van der Waals surface area contributed by atoms with Gasteiger partial charge in [-0.05, 0) is 61.5 Å². The van der Waals surface area contributed by atoms with Crippen LogP contribution in [0, 0.1) is 5.92 Å². The monoisotopic (exact) mass is 421 g/mol. The van der Waals surface area contributed by atoms with Crippen molar-refractivity contribution in [1.29, 1.82) is 0 Å². The highest BCUT2D eigenvalue weighted by Crippen LogP contribution is 2.35. The minimum Gasteiger partial charge on any atom is -0.493 e. The lowest BCUT2D eigenvalue weighted by atomic mass is 9.81. The number of likely N-dealkylation sites (tertiary alicyclic amines) is 1. The van der Waals surface area contributed by atoms with Crippen molar-refractivity contribution in [2.45, 2.75) is 51.4 Å². The van der Waals surface area contributed by atoms with Gasteiger partial charge in [-0.25, -0.2) is 0 Å². The lowest BCUT2D eigenvalue weighted by Gasteiger charge is -2.39. The fourth-order valence-corrected chi connectivity index (χ4v) is 4.70. The van der Waals surface area contributed by atoms with Gasteiger partial charge in [0.15, 0.2) is 11.5 Å². The topological polar surface area (TPSA) is 21.7 Å². The fraction of sp³-hybridized carbons (Fsp3) is 0.500. The maximum atomic E-state index is 6.37. The lowest BCUT2D eigenvalue weighted by molar-refractivity contribution is 0.108. The molecule has 0 unspecified atom stereocenters. The second kappa shape index (κ2) is 12.6. The van der Waals surface area contributed by atoms with Crippen LogP contribution >= 0.6 is 0 Å². The van der Waals surface area contributed by atoms with E-state index in [4.69, 9.17) is 9.47 Å². The average molecular weight is 422 g/mol. The van der Waals surface area contributed by atoms with Crippen molar-refractivity contribution >= 4 is 0 Å². The largest absolute Gasteiger partial charge is 0.493 e. The van der Waals surface area contributed by atoms with Gasteiger partial charge >= 0.3 is 0 Å². The summed E-state index contributed by atoms with van der Waals surface area (Å²) in [6.07, 6.45) is 9.22. The zero-order valence-corrected chi connectivity index (χ0v) is 19.4. The highest BCUT2D eigenvalue weighted by atomic mass is 16.5. The van der Waals surface area contributed by atoms with E-state index in [-0.39, 0.29) is 0 Å². The van der Waals surface area contributed by atoms with Gasteiger partial charge in [-0.3, -0.25) is 0 Å². The van der Waals surface area contributed by atoms with E-state index in [1.807, 2.05) is 12.1 Å². The van der Waals surface area contributed by atoms with Gasteiger partial charge in [0.1, 0.15) is 0 Å². The normalized spacial score (nSPS) is 19.2. The van der Waals surface area contributed by atoms with Gasteiger partial charge in [-0.2, -0.15) is 0 Å². The number of hydrogen-bond donors (Lipinski definition) is 0. The number of ether oxygens (including phenoxy) is 2. The van der Waals surface area contributed by atoms with Gasteiger partial charge in [-0.15, -0.1) is 6.58 Å². The third kappa shape index (κ3) is 6.87. The van der Waals surface area contributed by atoms with Crippen LogP contribution in [0.2, 0.25) is 0 Å². The van der Waals surface area contributed by atoms with Crippen molar-refractivity contribution in [3.63, 3.8) is 0 Å². The molecule has 2 aromatic carbocycles. The predicted molar refractivity (Wildman–Crippen MR) is 130 cm³/mol.